The molecule has 0 unspecified atom stereocenters. The monoisotopic (exact) mass is 396 g/mol. The molecule has 0 spiro atoms. The number of carbonyl (C=O) groups excluding carboxylic acids is 2. The Kier molecular flexibility index (Phi) is 14.0. The highest BCUT2D eigenvalue weighted by atomic mass is 16.6. The SMILES string of the molecule is CCCCCC(CC)(CC)OC(=O)/C=C/C(=O)OC(CC)(CC)CCCCC. The lowest BCUT2D eigenvalue weighted by Gasteiger charge is -2.32. The highest BCUT2D eigenvalue weighted by Gasteiger charge is 2.31. The minimum atomic E-state index is -0.457. The molecule has 0 aromatic carbocycles. The van der Waals surface area contributed by atoms with Gasteiger partial charge in [0.1, 0.15) is 11.2 Å². The van der Waals surface area contributed by atoms with Gasteiger partial charge in [-0.15, -0.1) is 0 Å². The van der Waals surface area contributed by atoms with Crippen LogP contribution in [0.3, 0.4) is 0 Å². The van der Waals surface area contributed by atoms with E-state index in [0.29, 0.717) is 0 Å². The van der Waals surface area contributed by atoms with Crippen molar-refractivity contribution in [1.29, 1.82) is 0 Å². The van der Waals surface area contributed by atoms with Crippen LogP contribution in [0, 0.1) is 0 Å². The maximum Gasteiger partial charge on any atom is 0.331 e. The summed E-state index contributed by atoms with van der Waals surface area (Å²) in [7, 11) is 0. The van der Waals surface area contributed by atoms with Crippen molar-refractivity contribution in [3.8, 4) is 0 Å². The second-order valence-corrected chi connectivity index (χ2v) is 7.87. The smallest absolute Gasteiger partial charge is 0.331 e. The van der Waals surface area contributed by atoms with Crippen molar-refractivity contribution < 1.29 is 19.1 Å². The lowest BCUT2D eigenvalue weighted by Crippen LogP contribution is -2.34. The van der Waals surface area contributed by atoms with E-state index in [0.717, 1.165) is 77.0 Å². The van der Waals surface area contributed by atoms with E-state index in [1.165, 1.54) is 12.2 Å². The highest BCUT2D eigenvalue weighted by Crippen LogP contribution is 2.29. The molecule has 0 saturated carbocycles. The fourth-order valence-corrected chi connectivity index (χ4v) is 3.62. The van der Waals surface area contributed by atoms with Gasteiger partial charge in [0.05, 0.1) is 0 Å². The molecule has 0 aliphatic rings. The van der Waals surface area contributed by atoms with Crippen molar-refractivity contribution in [3.05, 3.63) is 12.2 Å². The third kappa shape index (κ3) is 9.75. The summed E-state index contributed by atoms with van der Waals surface area (Å²) < 4.78 is 11.5. The zero-order valence-corrected chi connectivity index (χ0v) is 19.3. The first-order valence-electron chi connectivity index (χ1n) is 11.5. The van der Waals surface area contributed by atoms with Crippen molar-refractivity contribution in [2.45, 2.75) is 130 Å². The standard InChI is InChI=1S/C24H44O4/c1-7-13-15-19-23(9-3,10-4)27-21(25)17-18-22(26)28-24(11-5,12-6)20-16-14-8-2/h17-18H,7-16,19-20H2,1-6H3/b18-17+. The number of hydrogen-bond acceptors (Lipinski definition) is 4. The van der Waals surface area contributed by atoms with Gasteiger partial charge in [-0.3, -0.25) is 0 Å². The van der Waals surface area contributed by atoms with E-state index in [2.05, 4.69) is 13.8 Å². The molecule has 0 radical (unpaired) electrons. The molecular formula is C24H44O4. The molecule has 0 atom stereocenters. The van der Waals surface area contributed by atoms with Crippen LogP contribution in [0.4, 0.5) is 0 Å². The maximum absolute atomic E-state index is 12.3. The minimum Gasteiger partial charge on any atom is -0.456 e. The van der Waals surface area contributed by atoms with Gasteiger partial charge in [0.15, 0.2) is 0 Å². The van der Waals surface area contributed by atoms with Crippen LogP contribution in [0.25, 0.3) is 0 Å². The zero-order valence-electron chi connectivity index (χ0n) is 19.3. The molecule has 0 aliphatic heterocycles. The molecule has 0 fully saturated rings. The first kappa shape index (κ1) is 26.7. The fourth-order valence-electron chi connectivity index (χ4n) is 3.62. The Morgan fingerprint density at radius 2 is 0.929 bits per heavy atom. The predicted molar refractivity (Wildman–Crippen MR) is 116 cm³/mol. The maximum atomic E-state index is 12.3. The fraction of sp³-hybridized carbons (Fsp3) is 0.833. The largest absolute Gasteiger partial charge is 0.456 e. The molecule has 0 aromatic heterocycles. The Morgan fingerprint density at radius 3 is 1.18 bits per heavy atom. The van der Waals surface area contributed by atoms with E-state index in [-0.39, 0.29) is 0 Å². The molecule has 164 valence electrons. The summed E-state index contributed by atoms with van der Waals surface area (Å²) in [4.78, 5) is 24.6. The average molecular weight is 397 g/mol. The number of unbranched alkanes of at least 4 members (excludes halogenated alkanes) is 4. The minimum absolute atomic E-state index is 0.433. The number of hydrogen-bond donors (Lipinski definition) is 0. The summed E-state index contributed by atoms with van der Waals surface area (Å²) >= 11 is 0. The molecule has 0 bridgehead atoms. The Hall–Kier alpha value is -1.32. The van der Waals surface area contributed by atoms with Crippen LogP contribution in [-0.2, 0) is 19.1 Å². The lowest BCUT2D eigenvalue weighted by molar-refractivity contribution is -0.158. The van der Waals surface area contributed by atoms with Gasteiger partial charge >= 0.3 is 11.9 Å². The van der Waals surface area contributed by atoms with Gasteiger partial charge in [0, 0.05) is 12.2 Å². The summed E-state index contributed by atoms with van der Waals surface area (Å²) in [6.45, 7) is 12.5. The molecule has 0 heterocycles. The number of rotatable bonds is 16. The summed E-state index contributed by atoms with van der Waals surface area (Å²) in [5, 5.41) is 0. The van der Waals surface area contributed by atoms with Crippen LogP contribution in [0.15, 0.2) is 12.2 Å². The second-order valence-electron chi connectivity index (χ2n) is 7.87. The van der Waals surface area contributed by atoms with Gasteiger partial charge in [-0.2, -0.15) is 0 Å². The van der Waals surface area contributed by atoms with Crippen molar-refractivity contribution in [2.24, 2.45) is 0 Å². The second kappa shape index (κ2) is 14.6. The zero-order chi connectivity index (χ0) is 21.5. The molecule has 0 aromatic rings. The highest BCUT2D eigenvalue weighted by molar-refractivity contribution is 5.92. The summed E-state index contributed by atoms with van der Waals surface area (Å²) in [5.74, 6) is -0.913. The van der Waals surface area contributed by atoms with Crippen molar-refractivity contribution >= 4 is 11.9 Å². The Morgan fingerprint density at radius 1 is 0.607 bits per heavy atom. The van der Waals surface area contributed by atoms with E-state index in [1.807, 2.05) is 27.7 Å². The van der Waals surface area contributed by atoms with Crippen LogP contribution < -0.4 is 0 Å². The van der Waals surface area contributed by atoms with Crippen molar-refractivity contribution in [3.63, 3.8) is 0 Å². The molecule has 0 N–H and O–H groups in total. The van der Waals surface area contributed by atoms with Gasteiger partial charge in [-0.1, -0.05) is 67.2 Å². The van der Waals surface area contributed by atoms with Crippen molar-refractivity contribution in [2.75, 3.05) is 0 Å². The third-order valence-electron chi connectivity index (χ3n) is 6.04. The molecular weight excluding hydrogens is 352 g/mol. The Labute approximate surface area is 173 Å². The molecule has 0 aliphatic carbocycles. The number of esters is 2. The third-order valence-corrected chi connectivity index (χ3v) is 6.04. The first-order valence-corrected chi connectivity index (χ1v) is 11.5. The summed E-state index contributed by atoms with van der Waals surface area (Å²) in [5.41, 5.74) is -0.867. The van der Waals surface area contributed by atoms with Crippen LogP contribution in [0.5, 0.6) is 0 Å². The number of carbonyl (C=O) groups is 2. The predicted octanol–water partition coefficient (Wildman–Crippen LogP) is 6.91. The van der Waals surface area contributed by atoms with Gasteiger partial charge in [0.2, 0.25) is 0 Å². The number of ether oxygens (including phenoxy) is 2. The van der Waals surface area contributed by atoms with Crippen LogP contribution >= 0.6 is 0 Å². The molecule has 0 saturated heterocycles. The van der Waals surface area contributed by atoms with E-state index in [4.69, 9.17) is 9.47 Å². The van der Waals surface area contributed by atoms with Gasteiger partial charge < -0.3 is 9.47 Å². The Bertz CT molecular complexity index is 417. The molecule has 0 amide bonds. The quantitative estimate of drug-likeness (QED) is 0.162. The molecule has 28 heavy (non-hydrogen) atoms. The van der Waals surface area contributed by atoms with Gasteiger partial charge in [-0.05, 0) is 51.4 Å². The molecule has 0 rings (SSSR count). The molecule has 4 nitrogen and oxygen atoms in total. The van der Waals surface area contributed by atoms with E-state index in [1.54, 1.807) is 0 Å². The lowest BCUT2D eigenvalue weighted by atomic mass is 9.90. The topological polar surface area (TPSA) is 52.6 Å². The summed E-state index contributed by atoms with van der Waals surface area (Å²) in [6.07, 6.45) is 13.9. The van der Waals surface area contributed by atoms with E-state index < -0.39 is 23.1 Å². The normalized spacial score (nSPS) is 12.4. The molecule has 4 heteroatoms. The van der Waals surface area contributed by atoms with E-state index >= 15 is 0 Å². The van der Waals surface area contributed by atoms with Gasteiger partial charge in [-0.25, -0.2) is 9.59 Å². The summed E-state index contributed by atoms with van der Waals surface area (Å²) in [6, 6.07) is 0. The first-order chi connectivity index (χ1) is 13.4. The van der Waals surface area contributed by atoms with Crippen LogP contribution in [0.2, 0.25) is 0 Å². The van der Waals surface area contributed by atoms with E-state index in [9.17, 15) is 9.59 Å². The average Bonchev–Trinajstić information content (AvgIpc) is 2.71. The Balaban J connectivity index is 4.85. The van der Waals surface area contributed by atoms with Crippen LogP contribution in [-0.4, -0.2) is 23.1 Å². The van der Waals surface area contributed by atoms with Gasteiger partial charge in [0.25, 0.3) is 0 Å². The van der Waals surface area contributed by atoms with Crippen molar-refractivity contribution in [1.82, 2.24) is 0 Å². The van der Waals surface area contributed by atoms with Crippen LogP contribution in [0.1, 0.15) is 119 Å².